The molecule has 100 valence electrons. The van der Waals surface area contributed by atoms with Crippen LogP contribution in [0.15, 0.2) is 10.6 Å². The minimum atomic E-state index is -0.0448. The molecule has 0 aliphatic carbocycles. The maximum atomic E-state index is 12.2. The highest BCUT2D eigenvalue weighted by Gasteiger charge is 2.23. The fourth-order valence-electron chi connectivity index (χ4n) is 2.35. The second kappa shape index (κ2) is 6.00. The fourth-order valence-corrected chi connectivity index (χ4v) is 2.35. The Labute approximate surface area is 108 Å². The van der Waals surface area contributed by atoms with Crippen LogP contribution in [-0.4, -0.2) is 42.1 Å². The molecule has 0 aromatic carbocycles. The summed E-state index contributed by atoms with van der Waals surface area (Å²) in [7, 11) is 0. The highest BCUT2D eigenvalue weighted by molar-refractivity contribution is 5.91. The first-order valence-corrected chi connectivity index (χ1v) is 6.64. The number of nitrogens with zero attached hydrogens (tertiary/aromatic N) is 2. The Morgan fingerprint density at radius 3 is 2.83 bits per heavy atom. The summed E-state index contributed by atoms with van der Waals surface area (Å²) in [5.41, 5.74) is 0.747. The fraction of sp³-hybridized carbons (Fsp3) is 0.692. The molecule has 5 nitrogen and oxygen atoms in total. The smallest absolute Gasteiger partial charge is 0.292 e. The number of rotatable bonds is 4. The number of amides is 1. The molecule has 1 aliphatic rings. The van der Waals surface area contributed by atoms with Crippen molar-refractivity contribution in [1.29, 1.82) is 0 Å². The summed E-state index contributed by atoms with van der Waals surface area (Å²) in [5.74, 6) is 0.902. The van der Waals surface area contributed by atoms with Gasteiger partial charge in [-0.2, -0.15) is 0 Å². The monoisotopic (exact) mass is 251 g/mol. The predicted molar refractivity (Wildman–Crippen MR) is 68.4 cm³/mol. The van der Waals surface area contributed by atoms with E-state index in [1.807, 2.05) is 18.7 Å². The summed E-state index contributed by atoms with van der Waals surface area (Å²) >= 11 is 0. The van der Waals surface area contributed by atoms with E-state index in [1.165, 1.54) is 0 Å². The Morgan fingerprint density at radius 1 is 1.56 bits per heavy atom. The Bertz CT molecular complexity index is 397. The SMILES string of the molecule is CCN(CC1CCNCC1)C(=O)c1cc(C)no1. The van der Waals surface area contributed by atoms with E-state index in [1.54, 1.807) is 6.07 Å². The lowest BCUT2D eigenvalue weighted by Crippen LogP contribution is -2.39. The first-order valence-electron chi connectivity index (χ1n) is 6.64. The lowest BCUT2D eigenvalue weighted by Gasteiger charge is -2.28. The van der Waals surface area contributed by atoms with Gasteiger partial charge < -0.3 is 14.7 Å². The van der Waals surface area contributed by atoms with Gasteiger partial charge in [0.25, 0.3) is 5.91 Å². The molecule has 1 fully saturated rings. The van der Waals surface area contributed by atoms with Crippen LogP contribution < -0.4 is 5.32 Å². The second-order valence-electron chi connectivity index (χ2n) is 4.87. The average molecular weight is 251 g/mol. The highest BCUT2D eigenvalue weighted by Crippen LogP contribution is 2.15. The van der Waals surface area contributed by atoms with E-state index in [-0.39, 0.29) is 5.91 Å². The summed E-state index contributed by atoms with van der Waals surface area (Å²) in [5, 5.41) is 7.11. The number of piperidine rings is 1. The van der Waals surface area contributed by atoms with Crippen LogP contribution in [0.1, 0.15) is 36.0 Å². The van der Waals surface area contributed by atoms with E-state index in [2.05, 4.69) is 10.5 Å². The van der Waals surface area contributed by atoms with Crippen molar-refractivity contribution >= 4 is 5.91 Å². The zero-order valence-corrected chi connectivity index (χ0v) is 11.1. The van der Waals surface area contributed by atoms with Crippen molar-refractivity contribution < 1.29 is 9.32 Å². The topological polar surface area (TPSA) is 58.4 Å². The molecule has 0 unspecified atom stereocenters. The largest absolute Gasteiger partial charge is 0.351 e. The lowest BCUT2D eigenvalue weighted by molar-refractivity contribution is 0.0685. The second-order valence-corrected chi connectivity index (χ2v) is 4.87. The van der Waals surface area contributed by atoms with Crippen molar-refractivity contribution in [3.8, 4) is 0 Å². The lowest BCUT2D eigenvalue weighted by atomic mass is 9.97. The molecule has 1 aliphatic heterocycles. The van der Waals surface area contributed by atoms with Crippen molar-refractivity contribution in [1.82, 2.24) is 15.4 Å². The molecule has 0 bridgehead atoms. The van der Waals surface area contributed by atoms with Gasteiger partial charge in [-0.1, -0.05) is 5.16 Å². The number of aryl methyl sites for hydroxylation is 1. The molecule has 18 heavy (non-hydrogen) atoms. The average Bonchev–Trinajstić information content (AvgIpc) is 2.83. The van der Waals surface area contributed by atoms with Crippen LogP contribution >= 0.6 is 0 Å². The summed E-state index contributed by atoms with van der Waals surface area (Å²) in [6, 6.07) is 1.70. The van der Waals surface area contributed by atoms with Crippen LogP contribution in [0.5, 0.6) is 0 Å². The maximum Gasteiger partial charge on any atom is 0.292 e. The molecule has 2 heterocycles. The molecule has 1 aromatic rings. The van der Waals surface area contributed by atoms with E-state index in [0.717, 1.165) is 38.2 Å². The Balaban J connectivity index is 1.97. The number of carbonyl (C=O) groups excluding carboxylic acids is 1. The van der Waals surface area contributed by atoms with Gasteiger partial charge >= 0.3 is 0 Å². The van der Waals surface area contributed by atoms with Crippen LogP contribution in [-0.2, 0) is 0 Å². The first kappa shape index (κ1) is 13.1. The van der Waals surface area contributed by atoms with Crippen molar-refractivity contribution in [3.63, 3.8) is 0 Å². The number of hydrogen-bond donors (Lipinski definition) is 1. The summed E-state index contributed by atoms with van der Waals surface area (Å²) in [4.78, 5) is 14.1. The van der Waals surface area contributed by atoms with Crippen LogP contribution in [0.3, 0.4) is 0 Å². The van der Waals surface area contributed by atoms with Crippen molar-refractivity contribution in [2.45, 2.75) is 26.7 Å². The molecule has 1 saturated heterocycles. The first-order chi connectivity index (χ1) is 8.70. The van der Waals surface area contributed by atoms with Gasteiger partial charge in [-0.25, -0.2) is 0 Å². The summed E-state index contributed by atoms with van der Waals surface area (Å²) in [6.07, 6.45) is 2.28. The van der Waals surface area contributed by atoms with Gasteiger partial charge in [-0.05, 0) is 45.7 Å². The van der Waals surface area contributed by atoms with Gasteiger partial charge in [0, 0.05) is 19.2 Å². The maximum absolute atomic E-state index is 12.2. The van der Waals surface area contributed by atoms with Crippen LogP contribution in [0.4, 0.5) is 0 Å². The quantitative estimate of drug-likeness (QED) is 0.880. The normalized spacial score (nSPS) is 16.8. The Kier molecular flexibility index (Phi) is 4.36. The van der Waals surface area contributed by atoms with E-state index in [0.29, 0.717) is 18.2 Å². The molecule has 0 spiro atoms. The minimum Gasteiger partial charge on any atom is -0.351 e. The molecule has 0 radical (unpaired) electrons. The molecule has 1 N–H and O–H groups in total. The van der Waals surface area contributed by atoms with Gasteiger partial charge in [-0.3, -0.25) is 4.79 Å². The minimum absolute atomic E-state index is 0.0448. The number of aromatic nitrogens is 1. The summed E-state index contributed by atoms with van der Waals surface area (Å²) < 4.78 is 5.04. The van der Waals surface area contributed by atoms with Crippen molar-refractivity contribution in [2.75, 3.05) is 26.2 Å². The third-order valence-electron chi connectivity index (χ3n) is 3.44. The molecule has 0 atom stereocenters. The Hall–Kier alpha value is -1.36. The summed E-state index contributed by atoms with van der Waals surface area (Å²) in [6.45, 7) is 7.46. The third-order valence-corrected chi connectivity index (χ3v) is 3.44. The van der Waals surface area contributed by atoms with Gasteiger partial charge in [0.15, 0.2) is 0 Å². The standard InChI is InChI=1S/C13H21N3O2/c1-3-16(9-11-4-6-14-7-5-11)13(17)12-8-10(2)15-18-12/h8,11,14H,3-7,9H2,1-2H3. The molecular weight excluding hydrogens is 230 g/mol. The van der Waals surface area contributed by atoms with Gasteiger partial charge in [0.1, 0.15) is 0 Å². The number of nitrogens with one attached hydrogen (secondary N) is 1. The van der Waals surface area contributed by atoms with Gasteiger partial charge in [0.2, 0.25) is 5.76 Å². The molecule has 1 aromatic heterocycles. The molecule has 0 saturated carbocycles. The van der Waals surface area contributed by atoms with Crippen molar-refractivity contribution in [2.24, 2.45) is 5.92 Å². The molecule has 5 heteroatoms. The van der Waals surface area contributed by atoms with Crippen molar-refractivity contribution in [3.05, 3.63) is 17.5 Å². The zero-order chi connectivity index (χ0) is 13.0. The zero-order valence-electron chi connectivity index (χ0n) is 11.1. The Morgan fingerprint density at radius 2 is 2.28 bits per heavy atom. The van der Waals surface area contributed by atoms with E-state index >= 15 is 0 Å². The van der Waals surface area contributed by atoms with Crippen LogP contribution in [0, 0.1) is 12.8 Å². The predicted octanol–water partition coefficient (Wildman–Crippen LogP) is 1.44. The molecule has 2 rings (SSSR count). The third kappa shape index (κ3) is 3.10. The van der Waals surface area contributed by atoms with E-state index in [9.17, 15) is 4.79 Å². The van der Waals surface area contributed by atoms with Crippen LogP contribution in [0.25, 0.3) is 0 Å². The van der Waals surface area contributed by atoms with E-state index < -0.39 is 0 Å². The van der Waals surface area contributed by atoms with Gasteiger partial charge in [0.05, 0.1) is 5.69 Å². The van der Waals surface area contributed by atoms with E-state index in [4.69, 9.17) is 4.52 Å². The molecular formula is C13H21N3O2. The molecule has 1 amide bonds. The number of carbonyl (C=O) groups is 1. The highest BCUT2D eigenvalue weighted by atomic mass is 16.5. The van der Waals surface area contributed by atoms with Crippen LogP contribution in [0.2, 0.25) is 0 Å². The van der Waals surface area contributed by atoms with Gasteiger partial charge in [-0.15, -0.1) is 0 Å². The number of hydrogen-bond acceptors (Lipinski definition) is 4.